The minimum absolute atomic E-state index is 0.702. The molecule has 0 saturated carbocycles. The highest BCUT2D eigenvalue weighted by molar-refractivity contribution is 5.22. The van der Waals surface area contributed by atoms with Crippen LogP contribution >= 0.6 is 0 Å². The molecule has 0 bridgehead atoms. The number of likely N-dealkylation sites (N-methyl/N-ethyl adjacent to an activating group) is 1. The van der Waals surface area contributed by atoms with Crippen molar-refractivity contribution >= 4 is 0 Å². The molecule has 0 aliphatic rings. The largest absolute Gasteiger partial charge is 0.375 e. The number of hydrogen-bond acceptors (Lipinski definition) is 3. The molecule has 0 unspecified atom stereocenters. The van der Waals surface area contributed by atoms with Gasteiger partial charge >= 0.3 is 0 Å². The molecule has 0 heterocycles. The molecule has 0 aliphatic heterocycles. The van der Waals surface area contributed by atoms with E-state index < -0.39 is 0 Å². The molecule has 96 valence electrons. The van der Waals surface area contributed by atoms with Crippen molar-refractivity contribution in [2.45, 2.75) is 20.1 Å². The summed E-state index contributed by atoms with van der Waals surface area (Å²) in [4.78, 5) is 2.13. The molecule has 0 fully saturated rings. The van der Waals surface area contributed by atoms with Gasteiger partial charge in [0.2, 0.25) is 0 Å². The third kappa shape index (κ3) is 6.41. The number of nitrogens with one attached hydrogen (secondary N) is 1. The molecule has 0 saturated heterocycles. The standard InChI is InChI=1S/C14H24N2O/c1-4-15-11-13-6-5-7-14(10-13)12-17-9-8-16(2)3/h5-7,10,15H,4,8-9,11-12H2,1-3H3. The second-order valence-electron chi connectivity index (χ2n) is 4.46. The van der Waals surface area contributed by atoms with Crippen molar-refractivity contribution in [3.63, 3.8) is 0 Å². The lowest BCUT2D eigenvalue weighted by Crippen LogP contribution is -2.18. The lowest BCUT2D eigenvalue weighted by molar-refractivity contribution is 0.105. The van der Waals surface area contributed by atoms with Crippen LogP contribution in [0.2, 0.25) is 0 Å². The molecule has 17 heavy (non-hydrogen) atoms. The lowest BCUT2D eigenvalue weighted by Gasteiger charge is -2.10. The van der Waals surface area contributed by atoms with Gasteiger partial charge in [-0.3, -0.25) is 0 Å². The number of benzene rings is 1. The zero-order valence-electron chi connectivity index (χ0n) is 11.2. The van der Waals surface area contributed by atoms with Crippen molar-refractivity contribution in [2.24, 2.45) is 0 Å². The van der Waals surface area contributed by atoms with E-state index in [0.29, 0.717) is 6.61 Å². The quantitative estimate of drug-likeness (QED) is 0.697. The van der Waals surface area contributed by atoms with Crippen LogP contribution in [0.25, 0.3) is 0 Å². The van der Waals surface area contributed by atoms with Crippen LogP contribution in [0.5, 0.6) is 0 Å². The molecule has 1 aromatic carbocycles. The first kappa shape index (κ1) is 14.2. The van der Waals surface area contributed by atoms with Gasteiger partial charge in [-0.15, -0.1) is 0 Å². The van der Waals surface area contributed by atoms with E-state index in [4.69, 9.17) is 4.74 Å². The Labute approximate surface area is 105 Å². The predicted octanol–water partition coefficient (Wildman–Crippen LogP) is 1.87. The smallest absolute Gasteiger partial charge is 0.0717 e. The van der Waals surface area contributed by atoms with Crippen LogP contribution in [0, 0.1) is 0 Å². The highest BCUT2D eigenvalue weighted by atomic mass is 16.5. The van der Waals surface area contributed by atoms with Gasteiger partial charge in [-0.1, -0.05) is 31.2 Å². The number of nitrogens with zero attached hydrogens (tertiary/aromatic N) is 1. The fourth-order valence-corrected chi connectivity index (χ4v) is 1.54. The first-order chi connectivity index (χ1) is 8.22. The van der Waals surface area contributed by atoms with Gasteiger partial charge in [0.15, 0.2) is 0 Å². The molecular formula is C14H24N2O. The van der Waals surface area contributed by atoms with Crippen LogP contribution < -0.4 is 5.32 Å². The van der Waals surface area contributed by atoms with Crippen molar-refractivity contribution in [1.29, 1.82) is 0 Å². The average molecular weight is 236 g/mol. The zero-order chi connectivity index (χ0) is 12.5. The van der Waals surface area contributed by atoms with E-state index in [1.54, 1.807) is 0 Å². The Kier molecular flexibility index (Phi) is 6.86. The maximum absolute atomic E-state index is 5.63. The third-order valence-electron chi connectivity index (χ3n) is 2.52. The van der Waals surface area contributed by atoms with Gasteiger partial charge in [-0.2, -0.15) is 0 Å². The molecule has 3 heteroatoms. The van der Waals surface area contributed by atoms with E-state index in [1.807, 2.05) is 0 Å². The van der Waals surface area contributed by atoms with Crippen molar-refractivity contribution in [3.8, 4) is 0 Å². The fraction of sp³-hybridized carbons (Fsp3) is 0.571. The van der Waals surface area contributed by atoms with Crippen LogP contribution in [-0.4, -0.2) is 38.7 Å². The van der Waals surface area contributed by atoms with E-state index in [1.165, 1.54) is 11.1 Å². The highest BCUT2D eigenvalue weighted by Gasteiger charge is 1.97. The molecule has 0 spiro atoms. The zero-order valence-corrected chi connectivity index (χ0v) is 11.2. The van der Waals surface area contributed by atoms with Gasteiger partial charge in [0.05, 0.1) is 13.2 Å². The van der Waals surface area contributed by atoms with E-state index in [2.05, 4.69) is 55.5 Å². The molecule has 1 rings (SSSR count). The summed E-state index contributed by atoms with van der Waals surface area (Å²) in [6, 6.07) is 8.56. The van der Waals surface area contributed by atoms with Crippen molar-refractivity contribution in [3.05, 3.63) is 35.4 Å². The Morgan fingerprint density at radius 2 is 2.00 bits per heavy atom. The minimum atomic E-state index is 0.702. The summed E-state index contributed by atoms with van der Waals surface area (Å²) in [5, 5.41) is 3.33. The SMILES string of the molecule is CCNCc1cccc(COCCN(C)C)c1. The van der Waals surface area contributed by atoms with E-state index >= 15 is 0 Å². The maximum Gasteiger partial charge on any atom is 0.0717 e. The molecule has 0 aromatic heterocycles. The summed E-state index contributed by atoms with van der Waals surface area (Å²) in [6.07, 6.45) is 0. The molecule has 1 aromatic rings. The van der Waals surface area contributed by atoms with Crippen molar-refractivity contribution in [2.75, 3.05) is 33.8 Å². The van der Waals surface area contributed by atoms with E-state index in [0.717, 1.165) is 26.2 Å². The summed E-state index contributed by atoms with van der Waals surface area (Å²) >= 11 is 0. The van der Waals surface area contributed by atoms with Crippen LogP contribution in [-0.2, 0) is 17.9 Å². The Morgan fingerprint density at radius 1 is 1.24 bits per heavy atom. The van der Waals surface area contributed by atoms with E-state index in [9.17, 15) is 0 Å². The van der Waals surface area contributed by atoms with Crippen LogP contribution in [0.3, 0.4) is 0 Å². The summed E-state index contributed by atoms with van der Waals surface area (Å²) in [5.74, 6) is 0. The van der Waals surface area contributed by atoms with Gasteiger partial charge in [0.25, 0.3) is 0 Å². The third-order valence-corrected chi connectivity index (χ3v) is 2.52. The Hall–Kier alpha value is -0.900. The monoisotopic (exact) mass is 236 g/mol. The van der Waals surface area contributed by atoms with Gasteiger partial charge in [0, 0.05) is 13.1 Å². The second kappa shape index (κ2) is 8.23. The maximum atomic E-state index is 5.63. The summed E-state index contributed by atoms with van der Waals surface area (Å²) in [7, 11) is 4.11. The number of rotatable bonds is 8. The summed E-state index contributed by atoms with van der Waals surface area (Å²) < 4.78 is 5.63. The van der Waals surface area contributed by atoms with Gasteiger partial charge < -0.3 is 15.0 Å². The first-order valence-corrected chi connectivity index (χ1v) is 6.23. The predicted molar refractivity (Wildman–Crippen MR) is 72.0 cm³/mol. The van der Waals surface area contributed by atoms with Crippen LogP contribution in [0.15, 0.2) is 24.3 Å². The Balaban J connectivity index is 2.32. The minimum Gasteiger partial charge on any atom is -0.375 e. The summed E-state index contributed by atoms with van der Waals surface area (Å²) in [5.41, 5.74) is 2.57. The topological polar surface area (TPSA) is 24.5 Å². The lowest BCUT2D eigenvalue weighted by atomic mass is 10.1. The molecule has 0 atom stereocenters. The van der Waals surface area contributed by atoms with Gasteiger partial charge in [0.1, 0.15) is 0 Å². The first-order valence-electron chi connectivity index (χ1n) is 6.23. The summed E-state index contributed by atoms with van der Waals surface area (Å²) in [6.45, 7) is 6.51. The van der Waals surface area contributed by atoms with Crippen molar-refractivity contribution in [1.82, 2.24) is 10.2 Å². The molecular weight excluding hydrogens is 212 g/mol. The fourth-order valence-electron chi connectivity index (χ4n) is 1.54. The van der Waals surface area contributed by atoms with Crippen LogP contribution in [0.4, 0.5) is 0 Å². The molecule has 0 radical (unpaired) electrons. The Morgan fingerprint density at radius 3 is 2.71 bits per heavy atom. The van der Waals surface area contributed by atoms with Gasteiger partial charge in [-0.05, 0) is 31.8 Å². The number of ether oxygens (including phenoxy) is 1. The highest BCUT2D eigenvalue weighted by Crippen LogP contribution is 2.06. The molecule has 1 N–H and O–H groups in total. The van der Waals surface area contributed by atoms with Crippen LogP contribution in [0.1, 0.15) is 18.1 Å². The molecule has 3 nitrogen and oxygen atoms in total. The van der Waals surface area contributed by atoms with Gasteiger partial charge in [-0.25, -0.2) is 0 Å². The Bertz CT molecular complexity index is 313. The second-order valence-corrected chi connectivity index (χ2v) is 4.46. The molecule has 0 amide bonds. The normalized spacial score (nSPS) is 11.1. The molecule has 0 aliphatic carbocycles. The van der Waals surface area contributed by atoms with E-state index in [-0.39, 0.29) is 0 Å². The number of hydrogen-bond donors (Lipinski definition) is 1. The van der Waals surface area contributed by atoms with Crippen molar-refractivity contribution < 1.29 is 4.74 Å². The average Bonchev–Trinajstić information content (AvgIpc) is 2.32.